The molecule has 0 radical (unpaired) electrons. The highest BCUT2D eigenvalue weighted by Crippen LogP contribution is 2.28. The van der Waals surface area contributed by atoms with Gasteiger partial charge in [0, 0.05) is 13.1 Å². The fraction of sp³-hybridized carbons (Fsp3) is 0.389. The first-order valence-electron chi connectivity index (χ1n) is 8.28. The van der Waals surface area contributed by atoms with Crippen molar-refractivity contribution in [3.63, 3.8) is 0 Å². The zero-order chi connectivity index (χ0) is 17.6. The molecule has 1 saturated heterocycles. The van der Waals surface area contributed by atoms with E-state index in [1.165, 1.54) is 7.11 Å². The van der Waals surface area contributed by atoms with Gasteiger partial charge in [-0.25, -0.2) is 4.98 Å². The molecule has 0 spiro atoms. The van der Waals surface area contributed by atoms with Gasteiger partial charge in [-0.1, -0.05) is 12.1 Å². The van der Waals surface area contributed by atoms with E-state index in [0.29, 0.717) is 17.5 Å². The molecule has 1 aliphatic heterocycles. The van der Waals surface area contributed by atoms with Crippen molar-refractivity contribution in [3.8, 4) is 11.8 Å². The van der Waals surface area contributed by atoms with Crippen LogP contribution >= 0.6 is 0 Å². The zero-order valence-corrected chi connectivity index (χ0v) is 14.5. The number of ether oxygens (including phenoxy) is 2. The molecule has 1 amide bonds. The Morgan fingerprint density at radius 1 is 1.16 bits per heavy atom. The maximum Gasteiger partial charge on any atom is 0.318 e. The minimum absolute atomic E-state index is 0.112. The Kier molecular flexibility index (Phi) is 5.33. The summed E-state index contributed by atoms with van der Waals surface area (Å²) in [7, 11) is 3.15. The summed E-state index contributed by atoms with van der Waals surface area (Å²) in [4.78, 5) is 23.1. The Bertz CT molecular complexity index is 728. The molecule has 0 saturated carbocycles. The molecule has 1 aliphatic rings. The first-order chi connectivity index (χ1) is 12.2. The number of amides is 1. The van der Waals surface area contributed by atoms with Crippen LogP contribution in [0.5, 0.6) is 11.8 Å². The Hall–Kier alpha value is -2.83. The number of hydrogen-bond donors (Lipinski definition) is 1. The molecule has 3 rings (SSSR count). The molecule has 0 bridgehead atoms. The second-order valence-corrected chi connectivity index (χ2v) is 5.86. The van der Waals surface area contributed by atoms with Gasteiger partial charge in [-0.3, -0.25) is 4.79 Å². The third-order valence-electron chi connectivity index (χ3n) is 4.13. The van der Waals surface area contributed by atoms with Gasteiger partial charge in [-0.05, 0) is 30.5 Å². The van der Waals surface area contributed by atoms with E-state index in [1.807, 2.05) is 24.3 Å². The Balaban J connectivity index is 1.73. The molecule has 1 aromatic heterocycles. The minimum Gasteiger partial charge on any atom is -0.497 e. The highest BCUT2D eigenvalue weighted by atomic mass is 16.5. The predicted molar refractivity (Wildman–Crippen MR) is 95.4 cm³/mol. The molecule has 0 aliphatic carbocycles. The summed E-state index contributed by atoms with van der Waals surface area (Å²) >= 11 is 0. The van der Waals surface area contributed by atoms with Gasteiger partial charge < -0.3 is 19.7 Å². The second-order valence-electron chi connectivity index (χ2n) is 5.86. The maximum absolute atomic E-state index is 12.4. The summed E-state index contributed by atoms with van der Waals surface area (Å²) in [6, 6.07) is 7.74. The van der Waals surface area contributed by atoms with Gasteiger partial charge in [-0.2, -0.15) is 4.98 Å². The molecule has 25 heavy (non-hydrogen) atoms. The highest BCUT2D eigenvalue weighted by molar-refractivity contribution is 5.94. The molecule has 7 nitrogen and oxygen atoms in total. The summed E-state index contributed by atoms with van der Waals surface area (Å²) in [5.41, 5.74) is 1.52. The number of aromatic nitrogens is 2. The lowest BCUT2D eigenvalue weighted by atomic mass is 10.1. The Morgan fingerprint density at radius 3 is 2.52 bits per heavy atom. The molecule has 132 valence electrons. The third-order valence-corrected chi connectivity index (χ3v) is 4.13. The van der Waals surface area contributed by atoms with Crippen LogP contribution in [0.15, 0.2) is 30.5 Å². The Morgan fingerprint density at radius 2 is 1.88 bits per heavy atom. The minimum atomic E-state index is -0.112. The van der Waals surface area contributed by atoms with E-state index in [0.717, 1.165) is 37.2 Å². The SMILES string of the molecule is COc1ccc(CC(=O)Nc2cnc(OC)nc2N2CCCC2)cc1. The van der Waals surface area contributed by atoms with Crippen LogP contribution < -0.4 is 19.7 Å². The average Bonchev–Trinajstić information content (AvgIpc) is 3.17. The van der Waals surface area contributed by atoms with Crippen molar-refractivity contribution in [1.29, 1.82) is 0 Å². The predicted octanol–water partition coefficient (Wildman–Crippen LogP) is 2.28. The lowest BCUT2D eigenvalue weighted by molar-refractivity contribution is -0.115. The number of hydrogen-bond acceptors (Lipinski definition) is 6. The van der Waals surface area contributed by atoms with E-state index in [-0.39, 0.29) is 12.3 Å². The topological polar surface area (TPSA) is 76.6 Å². The van der Waals surface area contributed by atoms with Crippen molar-refractivity contribution in [2.75, 3.05) is 37.5 Å². The highest BCUT2D eigenvalue weighted by Gasteiger charge is 2.20. The van der Waals surface area contributed by atoms with Gasteiger partial charge in [0.15, 0.2) is 5.82 Å². The van der Waals surface area contributed by atoms with E-state index in [4.69, 9.17) is 9.47 Å². The fourth-order valence-corrected chi connectivity index (χ4v) is 2.84. The third kappa shape index (κ3) is 4.17. The van der Waals surface area contributed by atoms with Crippen molar-refractivity contribution in [1.82, 2.24) is 9.97 Å². The largest absolute Gasteiger partial charge is 0.497 e. The molecular weight excluding hydrogens is 320 g/mol. The summed E-state index contributed by atoms with van der Waals surface area (Å²) < 4.78 is 10.2. The van der Waals surface area contributed by atoms with Gasteiger partial charge in [0.1, 0.15) is 11.4 Å². The molecule has 2 heterocycles. The number of carbonyl (C=O) groups excluding carboxylic acids is 1. The van der Waals surface area contributed by atoms with Crippen molar-refractivity contribution in [2.45, 2.75) is 19.3 Å². The summed E-state index contributed by atoms with van der Waals surface area (Å²) in [6.45, 7) is 1.84. The quantitative estimate of drug-likeness (QED) is 0.868. The summed E-state index contributed by atoms with van der Waals surface area (Å²) in [5, 5.41) is 2.92. The number of carbonyl (C=O) groups is 1. The van der Waals surface area contributed by atoms with Gasteiger partial charge in [-0.15, -0.1) is 0 Å². The van der Waals surface area contributed by atoms with E-state index >= 15 is 0 Å². The van der Waals surface area contributed by atoms with Crippen LogP contribution in [0.4, 0.5) is 11.5 Å². The van der Waals surface area contributed by atoms with Crippen LogP contribution in [-0.4, -0.2) is 43.2 Å². The van der Waals surface area contributed by atoms with Crippen molar-refractivity contribution in [3.05, 3.63) is 36.0 Å². The van der Waals surface area contributed by atoms with Crippen LogP contribution in [0, 0.1) is 0 Å². The normalized spacial score (nSPS) is 13.6. The van der Waals surface area contributed by atoms with Gasteiger partial charge >= 0.3 is 6.01 Å². The molecule has 2 aromatic rings. The van der Waals surface area contributed by atoms with Crippen molar-refractivity contribution in [2.24, 2.45) is 0 Å². The van der Waals surface area contributed by atoms with Crippen LogP contribution in [0.25, 0.3) is 0 Å². The summed E-state index contributed by atoms with van der Waals surface area (Å²) in [6.07, 6.45) is 4.11. The second kappa shape index (κ2) is 7.83. The number of nitrogens with one attached hydrogen (secondary N) is 1. The standard InChI is InChI=1S/C18H22N4O3/c1-24-14-7-5-13(6-8-14)11-16(23)20-15-12-19-18(25-2)21-17(15)22-9-3-4-10-22/h5-8,12H,3-4,9-11H2,1-2H3,(H,20,23). The zero-order valence-electron chi connectivity index (χ0n) is 14.5. The Labute approximate surface area is 147 Å². The van der Waals surface area contributed by atoms with E-state index < -0.39 is 0 Å². The molecule has 1 aromatic carbocycles. The smallest absolute Gasteiger partial charge is 0.318 e. The van der Waals surface area contributed by atoms with Gasteiger partial charge in [0.05, 0.1) is 26.8 Å². The van der Waals surface area contributed by atoms with Crippen molar-refractivity contribution < 1.29 is 14.3 Å². The number of methoxy groups -OCH3 is 2. The maximum atomic E-state index is 12.4. The molecule has 1 N–H and O–H groups in total. The van der Waals surface area contributed by atoms with Crippen LogP contribution in [0.3, 0.4) is 0 Å². The molecular formula is C18H22N4O3. The van der Waals surface area contributed by atoms with E-state index in [2.05, 4.69) is 20.2 Å². The van der Waals surface area contributed by atoms with E-state index in [9.17, 15) is 4.79 Å². The average molecular weight is 342 g/mol. The first-order valence-corrected chi connectivity index (χ1v) is 8.28. The molecule has 0 atom stereocenters. The number of benzene rings is 1. The van der Waals surface area contributed by atoms with Crippen molar-refractivity contribution >= 4 is 17.4 Å². The summed E-state index contributed by atoms with van der Waals surface area (Å²) in [5.74, 6) is 1.37. The van der Waals surface area contributed by atoms with Gasteiger partial charge in [0.25, 0.3) is 0 Å². The lowest BCUT2D eigenvalue weighted by Gasteiger charge is -2.20. The number of rotatable bonds is 6. The molecule has 1 fully saturated rings. The fourth-order valence-electron chi connectivity index (χ4n) is 2.84. The van der Waals surface area contributed by atoms with Crippen LogP contribution in [0.1, 0.15) is 18.4 Å². The van der Waals surface area contributed by atoms with Crippen LogP contribution in [-0.2, 0) is 11.2 Å². The number of anilines is 2. The molecule has 7 heteroatoms. The lowest BCUT2D eigenvalue weighted by Crippen LogP contribution is -2.23. The van der Waals surface area contributed by atoms with Crippen LogP contribution in [0.2, 0.25) is 0 Å². The van der Waals surface area contributed by atoms with Gasteiger partial charge in [0.2, 0.25) is 5.91 Å². The number of nitrogens with zero attached hydrogens (tertiary/aromatic N) is 3. The monoisotopic (exact) mass is 342 g/mol. The molecule has 0 unspecified atom stereocenters. The van der Waals surface area contributed by atoms with E-state index in [1.54, 1.807) is 13.3 Å². The first kappa shape index (κ1) is 17.0.